The molecule has 2 rings (SSSR count). The van der Waals surface area contributed by atoms with E-state index in [0.29, 0.717) is 32.3 Å². The number of allylic oxidation sites excluding steroid dienone is 1. The number of amides is 1. The molecule has 1 aliphatic heterocycles. The Morgan fingerprint density at radius 1 is 0.544 bits per heavy atom. The van der Waals surface area contributed by atoms with Crippen LogP contribution in [0.15, 0.2) is 12.3 Å². The number of ketones is 1. The lowest BCUT2D eigenvalue weighted by Gasteiger charge is -2.32. The van der Waals surface area contributed by atoms with Gasteiger partial charge >= 0.3 is 6.09 Å². The fourth-order valence-electron chi connectivity index (χ4n) is 8.63. The zero-order valence-electron chi connectivity index (χ0n) is 46.1. The van der Waals surface area contributed by atoms with Crippen LogP contribution in [0.25, 0.3) is 0 Å². The predicted molar refractivity (Wildman–Crippen MR) is 287 cm³/mol. The monoisotopic (exact) mass is 967 g/mol. The Bertz CT molecular complexity index is 1010. The van der Waals surface area contributed by atoms with Crippen molar-refractivity contribution in [2.45, 2.75) is 273 Å². The molecule has 1 saturated heterocycles. The second kappa shape index (κ2) is 50.2. The molecular formula is C58H114N2O8. The minimum absolute atomic E-state index is 0.0881. The molecule has 1 saturated carbocycles. The molecule has 0 aromatic rings. The first-order chi connectivity index (χ1) is 33.1. The number of unbranched alkanes of at least 4 members (excludes halogenated alkanes) is 20. The maximum Gasteiger partial charge on any atom is 0.409 e. The standard InChI is InChI=1S/2C21H42O3.C16H30N2O2/c2*1-4-6-8-10-12-14-18-23-21(17-16-20(3)22)24-19-15-13-11-9-7-5-2;1-3-17(4-2)10-6-12-20-16(19)18-11-5-7-15(13-18)14-8-9-14/h21H,4-19H2,1-3H3;21-22H,3-19H2,1-2H3;14-15H,3-13H2,1-2H3. The Morgan fingerprint density at radius 2 is 0.941 bits per heavy atom. The van der Waals surface area contributed by atoms with Gasteiger partial charge in [-0.1, -0.05) is 177 Å². The van der Waals surface area contributed by atoms with Gasteiger partial charge in [-0.25, -0.2) is 4.79 Å². The van der Waals surface area contributed by atoms with Crippen LogP contribution >= 0.6 is 0 Å². The van der Waals surface area contributed by atoms with Gasteiger partial charge in [0.2, 0.25) is 0 Å². The SMILES string of the molecule is C=C(O)CCC(OCCCCCCCC)OCCCCCCCC.CCCCCCCCOC(CCC(C)=O)OCCCCCCCC.CCN(CC)CCCOC(=O)N1CCCC(C2CC2)C1. The highest BCUT2D eigenvalue weighted by molar-refractivity contribution is 5.75. The van der Waals surface area contributed by atoms with E-state index in [1.807, 2.05) is 4.90 Å². The summed E-state index contributed by atoms with van der Waals surface area (Å²) >= 11 is 0. The summed E-state index contributed by atoms with van der Waals surface area (Å²) < 4.78 is 28.9. The summed E-state index contributed by atoms with van der Waals surface area (Å²) in [5.41, 5.74) is 0. The average Bonchev–Trinajstić information content (AvgIpc) is 4.20. The second-order valence-electron chi connectivity index (χ2n) is 19.9. The van der Waals surface area contributed by atoms with Crippen molar-refractivity contribution in [3.8, 4) is 0 Å². The molecule has 0 spiro atoms. The molecule has 1 atom stereocenters. The quantitative estimate of drug-likeness (QED) is 0.0363. The van der Waals surface area contributed by atoms with Crippen LogP contribution in [-0.4, -0.2) is 105 Å². The summed E-state index contributed by atoms with van der Waals surface area (Å²) in [7, 11) is 0. The highest BCUT2D eigenvalue weighted by Gasteiger charge is 2.35. The molecule has 1 heterocycles. The molecule has 1 amide bonds. The van der Waals surface area contributed by atoms with E-state index < -0.39 is 0 Å². The molecule has 10 nitrogen and oxygen atoms in total. The van der Waals surface area contributed by atoms with Crippen molar-refractivity contribution in [1.82, 2.24) is 9.80 Å². The molecule has 0 aromatic carbocycles. The summed E-state index contributed by atoms with van der Waals surface area (Å²) in [6.07, 6.45) is 38.5. The largest absolute Gasteiger partial charge is 0.513 e. The average molecular weight is 968 g/mol. The number of piperidine rings is 1. The lowest BCUT2D eigenvalue weighted by Crippen LogP contribution is -2.41. The van der Waals surface area contributed by atoms with Gasteiger partial charge in [0, 0.05) is 71.7 Å². The first-order valence-electron chi connectivity index (χ1n) is 29.1. The van der Waals surface area contributed by atoms with Crippen LogP contribution in [-0.2, 0) is 28.5 Å². The molecule has 1 unspecified atom stereocenters. The molecule has 0 aromatic heterocycles. The Kier molecular flexibility index (Phi) is 49.0. The number of Topliss-reactive ketones (excluding diaryl/α,β-unsaturated/α-hetero) is 1. The Morgan fingerprint density at radius 3 is 1.31 bits per heavy atom. The fraction of sp³-hybridized carbons (Fsp3) is 0.931. The number of nitrogens with zero attached hydrogens (tertiary/aromatic N) is 2. The summed E-state index contributed by atoms with van der Waals surface area (Å²) in [6.45, 7) is 27.0. The highest BCUT2D eigenvalue weighted by atomic mass is 16.7. The number of rotatable bonds is 45. The number of likely N-dealkylation sites (tertiary alicyclic amines) is 1. The van der Waals surface area contributed by atoms with Crippen LogP contribution in [0.5, 0.6) is 0 Å². The second-order valence-corrected chi connectivity index (χ2v) is 19.9. The van der Waals surface area contributed by atoms with E-state index >= 15 is 0 Å². The molecule has 2 aliphatic rings. The normalized spacial score (nSPS) is 14.8. The van der Waals surface area contributed by atoms with Crippen LogP contribution < -0.4 is 0 Å². The zero-order valence-corrected chi connectivity index (χ0v) is 46.1. The third kappa shape index (κ3) is 44.2. The van der Waals surface area contributed by atoms with E-state index in [1.165, 1.54) is 148 Å². The number of carbonyl (C=O) groups excluding carboxylic acids is 2. The minimum Gasteiger partial charge on any atom is -0.513 e. The van der Waals surface area contributed by atoms with Crippen molar-refractivity contribution in [3.05, 3.63) is 12.3 Å². The van der Waals surface area contributed by atoms with Gasteiger partial charge in [0.25, 0.3) is 0 Å². The van der Waals surface area contributed by atoms with Crippen LogP contribution in [0.1, 0.15) is 260 Å². The topological polar surface area (TPSA) is 107 Å². The summed E-state index contributed by atoms with van der Waals surface area (Å²) in [6, 6.07) is 0. The maximum atomic E-state index is 12.1. The third-order valence-corrected chi connectivity index (χ3v) is 13.4. The molecule has 68 heavy (non-hydrogen) atoms. The summed E-state index contributed by atoms with van der Waals surface area (Å²) in [5, 5.41) is 9.28. The highest BCUT2D eigenvalue weighted by Crippen LogP contribution is 2.41. The van der Waals surface area contributed by atoms with Crippen LogP contribution in [0.4, 0.5) is 4.79 Å². The molecule has 1 aliphatic carbocycles. The molecule has 0 bridgehead atoms. The molecular weight excluding hydrogens is 853 g/mol. The maximum absolute atomic E-state index is 12.1. The molecule has 10 heteroatoms. The van der Waals surface area contributed by atoms with Crippen molar-refractivity contribution in [2.75, 3.05) is 65.8 Å². The Hall–Kier alpha value is -1.72. The molecule has 0 radical (unpaired) electrons. The molecule has 1 N–H and O–H groups in total. The van der Waals surface area contributed by atoms with E-state index in [9.17, 15) is 14.7 Å². The van der Waals surface area contributed by atoms with Gasteiger partial charge in [0.05, 0.1) is 12.4 Å². The van der Waals surface area contributed by atoms with E-state index in [0.717, 1.165) is 110 Å². The summed E-state index contributed by atoms with van der Waals surface area (Å²) in [4.78, 5) is 27.5. The number of aliphatic hydroxyl groups is 1. The fourth-order valence-corrected chi connectivity index (χ4v) is 8.63. The minimum atomic E-state index is -0.194. The van der Waals surface area contributed by atoms with Gasteiger partial charge in [0.1, 0.15) is 5.78 Å². The van der Waals surface area contributed by atoms with E-state index in [2.05, 4.69) is 53.0 Å². The predicted octanol–water partition coefficient (Wildman–Crippen LogP) is 16.3. The van der Waals surface area contributed by atoms with E-state index in [-0.39, 0.29) is 30.2 Å². The zero-order chi connectivity index (χ0) is 50.1. The van der Waals surface area contributed by atoms with Crippen LogP contribution in [0, 0.1) is 11.8 Å². The number of ether oxygens (including phenoxy) is 5. The van der Waals surface area contributed by atoms with Gasteiger partial charge in [0.15, 0.2) is 12.6 Å². The first-order valence-corrected chi connectivity index (χ1v) is 29.1. The van der Waals surface area contributed by atoms with Gasteiger partial charge in [-0.05, 0) is 89.6 Å². The van der Waals surface area contributed by atoms with Crippen molar-refractivity contribution >= 4 is 11.9 Å². The first kappa shape index (κ1) is 66.3. The van der Waals surface area contributed by atoms with Crippen molar-refractivity contribution in [1.29, 1.82) is 0 Å². The number of aliphatic hydroxyl groups excluding tert-OH is 1. The number of carbonyl (C=O) groups is 2. The molecule has 404 valence electrons. The lowest BCUT2D eigenvalue weighted by atomic mass is 9.94. The lowest BCUT2D eigenvalue weighted by molar-refractivity contribution is -0.150. The van der Waals surface area contributed by atoms with Crippen molar-refractivity contribution in [2.24, 2.45) is 11.8 Å². The summed E-state index contributed by atoms with van der Waals surface area (Å²) in [5.74, 6) is 2.07. The van der Waals surface area contributed by atoms with Crippen molar-refractivity contribution < 1.29 is 38.4 Å². The van der Waals surface area contributed by atoms with Gasteiger partial charge in [-0.2, -0.15) is 0 Å². The number of hydrogen-bond donors (Lipinski definition) is 1. The van der Waals surface area contributed by atoms with E-state index in [4.69, 9.17) is 23.7 Å². The molecule has 2 fully saturated rings. The van der Waals surface area contributed by atoms with Crippen LogP contribution in [0.2, 0.25) is 0 Å². The van der Waals surface area contributed by atoms with E-state index in [1.54, 1.807) is 6.92 Å². The smallest absolute Gasteiger partial charge is 0.409 e. The Labute approximate surface area is 421 Å². The third-order valence-electron chi connectivity index (χ3n) is 13.4. The van der Waals surface area contributed by atoms with Crippen molar-refractivity contribution in [3.63, 3.8) is 0 Å². The van der Waals surface area contributed by atoms with Gasteiger partial charge in [-0.3, -0.25) is 0 Å². The van der Waals surface area contributed by atoms with Gasteiger partial charge < -0.3 is 43.4 Å². The van der Waals surface area contributed by atoms with Crippen LogP contribution in [0.3, 0.4) is 0 Å². The Balaban J connectivity index is 0.000000994. The van der Waals surface area contributed by atoms with Gasteiger partial charge in [-0.15, -0.1) is 0 Å². The number of hydrogen-bond acceptors (Lipinski definition) is 9.